The first-order valence-electron chi connectivity index (χ1n) is 11.7. The van der Waals surface area contributed by atoms with Gasteiger partial charge in [-0.15, -0.1) is 0 Å². The fourth-order valence-electron chi connectivity index (χ4n) is 4.78. The standard InChI is InChI=1S/C27H25F2N3O2S/c1-3-34-26(33)25-16(2)30-27(35-25)32-24(18-9-13-21(29)14-10-18)22-6-4-5-19(23(22)31-32)15-17-7-11-20(28)12-8-17/h7-15,22,24H,3-6H2,1-2H3/b19-15-/t22-,24+/m1/s1. The van der Waals surface area contributed by atoms with Crippen LogP contribution >= 0.6 is 11.3 Å². The van der Waals surface area contributed by atoms with Gasteiger partial charge in [0.05, 0.1) is 24.1 Å². The van der Waals surface area contributed by atoms with E-state index in [-0.39, 0.29) is 30.2 Å². The number of aromatic nitrogens is 1. The topological polar surface area (TPSA) is 54.8 Å². The number of thiazole rings is 1. The van der Waals surface area contributed by atoms with Crippen LogP contribution in [0.3, 0.4) is 0 Å². The van der Waals surface area contributed by atoms with Crippen molar-refractivity contribution in [1.29, 1.82) is 0 Å². The molecule has 3 aromatic rings. The van der Waals surface area contributed by atoms with Crippen molar-refractivity contribution in [3.8, 4) is 0 Å². The van der Waals surface area contributed by atoms with Gasteiger partial charge in [0.25, 0.3) is 0 Å². The SMILES string of the molecule is CCOC(=O)c1sc(N2N=C3/C(=C\c4ccc(F)cc4)CCC[C@H]3[C@@H]2c2ccc(F)cc2)nc1C. The van der Waals surface area contributed by atoms with Crippen molar-refractivity contribution < 1.29 is 18.3 Å². The molecule has 2 heterocycles. The first-order valence-corrected chi connectivity index (χ1v) is 12.5. The van der Waals surface area contributed by atoms with Gasteiger partial charge in [-0.05, 0) is 80.2 Å². The van der Waals surface area contributed by atoms with Crippen LogP contribution in [0, 0.1) is 24.5 Å². The number of benzene rings is 2. The Labute approximate surface area is 206 Å². The number of carbonyl (C=O) groups excluding carboxylic acids is 1. The van der Waals surface area contributed by atoms with E-state index in [9.17, 15) is 13.6 Å². The van der Waals surface area contributed by atoms with Crippen LogP contribution in [0.1, 0.15) is 58.7 Å². The molecular formula is C27H25F2N3O2S. The summed E-state index contributed by atoms with van der Waals surface area (Å²) in [6.45, 7) is 3.84. The summed E-state index contributed by atoms with van der Waals surface area (Å²) in [5.41, 5.74) is 4.50. The highest BCUT2D eigenvalue weighted by Crippen LogP contribution is 2.47. The first-order chi connectivity index (χ1) is 16.9. The van der Waals surface area contributed by atoms with E-state index >= 15 is 0 Å². The van der Waals surface area contributed by atoms with Gasteiger partial charge in [-0.25, -0.2) is 23.6 Å². The minimum absolute atomic E-state index is 0.0798. The maximum Gasteiger partial charge on any atom is 0.350 e. The van der Waals surface area contributed by atoms with E-state index in [0.717, 1.165) is 41.7 Å². The summed E-state index contributed by atoms with van der Waals surface area (Å²) in [5.74, 6) is -0.884. The number of anilines is 1. The molecular weight excluding hydrogens is 468 g/mol. The van der Waals surface area contributed by atoms with Crippen molar-refractivity contribution in [2.24, 2.45) is 11.0 Å². The van der Waals surface area contributed by atoms with Crippen LogP contribution < -0.4 is 5.01 Å². The van der Waals surface area contributed by atoms with Crippen LogP contribution in [0.25, 0.3) is 6.08 Å². The molecule has 180 valence electrons. The number of hydrogen-bond acceptors (Lipinski definition) is 6. The maximum absolute atomic E-state index is 13.7. The lowest BCUT2D eigenvalue weighted by molar-refractivity contribution is 0.0531. The number of carbonyl (C=O) groups is 1. The maximum atomic E-state index is 13.7. The highest BCUT2D eigenvalue weighted by molar-refractivity contribution is 7.17. The Balaban J connectivity index is 1.58. The van der Waals surface area contributed by atoms with Gasteiger partial charge in [0, 0.05) is 5.92 Å². The normalized spacial score (nSPS) is 20.6. The van der Waals surface area contributed by atoms with Crippen LogP contribution in [0.2, 0.25) is 0 Å². The quantitative estimate of drug-likeness (QED) is 0.371. The highest BCUT2D eigenvalue weighted by Gasteiger charge is 2.43. The van der Waals surface area contributed by atoms with Gasteiger partial charge < -0.3 is 4.74 Å². The molecule has 0 bridgehead atoms. The highest BCUT2D eigenvalue weighted by atomic mass is 32.1. The molecule has 0 spiro atoms. The van der Waals surface area contributed by atoms with Crippen LogP contribution in [-0.2, 0) is 4.74 Å². The monoisotopic (exact) mass is 493 g/mol. The predicted molar refractivity (Wildman–Crippen MR) is 134 cm³/mol. The van der Waals surface area contributed by atoms with Crippen LogP contribution in [0.15, 0.2) is 59.2 Å². The Morgan fingerprint density at radius 2 is 1.83 bits per heavy atom. The summed E-state index contributed by atoms with van der Waals surface area (Å²) in [4.78, 5) is 17.6. The molecule has 0 unspecified atom stereocenters. The molecule has 35 heavy (non-hydrogen) atoms. The van der Waals surface area contributed by atoms with E-state index in [2.05, 4.69) is 11.1 Å². The van der Waals surface area contributed by atoms with E-state index in [0.29, 0.717) is 15.7 Å². The Bertz CT molecular complexity index is 1300. The fourth-order valence-corrected chi connectivity index (χ4v) is 5.73. The molecule has 1 saturated carbocycles. The molecule has 5 nitrogen and oxygen atoms in total. The van der Waals surface area contributed by atoms with Gasteiger partial charge in [0.1, 0.15) is 16.5 Å². The average molecular weight is 494 g/mol. The number of nitrogens with zero attached hydrogens (tertiary/aromatic N) is 3. The zero-order chi connectivity index (χ0) is 24.5. The van der Waals surface area contributed by atoms with Gasteiger partial charge in [0.2, 0.25) is 5.13 Å². The molecule has 0 saturated heterocycles. The van der Waals surface area contributed by atoms with Crippen molar-refractivity contribution in [3.05, 3.63) is 87.4 Å². The smallest absolute Gasteiger partial charge is 0.350 e. The number of hydrogen-bond donors (Lipinski definition) is 0. The Morgan fingerprint density at radius 3 is 2.51 bits per heavy atom. The molecule has 2 aliphatic rings. The van der Waals surface area contributed by atoms with Crippen molar-refractivity contribution in [2.45, 2.75) is 39.2 Å². The molecule has 2 aromatic carbocycles. The number of aryl methyl sites for hydroxylation is 1. The third-order valence-corrected chi connectivity index (χ3v) is 7.49. The molecule has 0 N–H and O–H groups in total. The van der Waals surface area contributed by atoms with Gasteiger partial charge in [-0.3, -0.25) is 0 Å². The number of esters is 1. The zero-order valence-corrected chi connectivity index (χ0v) is 20.3. The Morgan fingerprint density at radius 1 is 1.14 bits per heavy atom. The average Bonchev–Trinajstić information content (AvgIpc) is 3.43. The zero-order valence-electron chi connectivity index (χ0n) is 19.5. The van der Waals surface area contributed by atoms with E-state index in [1.807, 2.05) is 5.01 Å². The number of allylic oxidation sites excluding steroid dienone is 1. The summed E-state index contributed by atoms with van der Waals surface area (Å²) in [6.07, 6.45) is 4.83. The molecule has 1 aromatic heterocycles. The lowest BCUT2D eigenvalue weighted by atomic mass is 9.77. The van der Waals surface area contributed by atoms with Gasteiger partial charge in [0.15, 0.2) is 0 Å². The molecule has 1 aliphatic carbocycles. The van der Waals surface area contributed by atoms with Crippen molar-refractivity contribution in [1.82, 2.24) is 4.98 Å². The summed E-state index contributed by atoms with van der Waals surface area (Å²) >= 11 is 1.26. The number of hydrazone groups is 1. The second kappa shape index (κ2) is 9.70. The van der Waals surface area contributed by atoms with E-state index in [1.165, 1.54) is 35.6 Å². The minimum Gasteiger partial charge on any atom is -0.462 e. The summed E-state index contributed by atoms with van der Waals surface area (Å²) in [6, 6.07) is 12.7. The summed E-state index contributed by atoms with van der Waals surface area (Å²) in [7, 11) is 0. The van der Waals surface area contributed by atoms with Crippen molar-refractivity contribution in [2.75, 3.05) is 11.6 Å². The van der Waals surface area contributed by atoms with Crippen molar-refractivity contribution >= 4 is 34.2 Å². The second-order valence-electron chi connectivity index (χ2n) is 8.68. The summed E-state index contributed by atoms with van der Waals surface area (Å²) in [5, 5.41) is 7.50. The number of halogens is 2. The molecule has 8 heteroatoms. The second-order valence-corrected chi connectivity index (χ2v) is 9.66. The van der Waals surface area contributed by atoms with Gasteiger partial charge in [-0.2, -0.15) is 5.10 Å². The molecule has 1 aliphatic heterocycles. The van der Waals surface area contributed by atoms with E-state index in [4.69, 9.17) is 9.84 Å². The lowest BCUT2D eigenvalue weighted by Crippen LogP contribution is -2.28. The van der Waals surface area contributed by atoms with E-state index in [1.54, 1.807) is 38.1 Å². The van der Waals surface area contributed by atoms with Crippen LogP contribution in [-0.4, -0.2) is 23.3 Å². The number of fused-ring (bicyclic) bond motifs is 1. The molecule has 2 atom stereocenters. The third-order valence-electron chi connectivity index (χ3n) is 6.37. The Hall–Kier alpha value is -3.39. The molecule has 1 fully saturated rings. The molecule has 0 radical (unpaired) electrons. The largest absolute Gasteiger partial charge is 0.462 e. The van der Waals surface area contributed by atoms with E-state index < -0.39 is 5.97 Å². The van der Waals surface area contributed by atoms with Crippen LogP contribution in [0.4, 0.5) is 13.9 Å². The molecule has 5 rings (SSSR count). The fraction of sp³-hybridized carbons (Fsp3) is 0.296. The van der Waals surface area contributed by atoms with Gasteiger partial charge in [-0.1, -0.05) is 35.6 Å². The lowest BCUT2D eigenvalue weighted by Gasteiger charge is -2.29. The van der Waals surface area contributed by atoms with Gasteiger partial charge >= 0.3 is 5.97 Å². The van der Waals surface area contributed by atoms with Crippen molar-refractivity contribution in [3.63, 3.8) is 0 Å². The minimum atomic E-state index is -0.395. The predicted octanol–water partition coefficient (Wildman–Crippen LogP) is 6.71. The Kier molecular flexibility index (Phi) is 6.47. The summed E-state index contributed by atoms with van der Waals surface area (Å²) < 4.78 is 32.3. The number of ether oxygens (including phenoxy) is 1. The third kappa shape index (κ3) is 4.62. The number of rotatable bonds is 5. The van der Waals surface area contributed by atoms with Crippen LogP contribution in [0.5, 0.6) is 0 Å². The first kappa shape index (κ1) is 23.4. The molecule has 0 amide bonds.